The minimum atomic E-state index is 0.630. The van der Waals surface area contributed by atoms with Gasteiger partial charge in [-0.2, -0.15) is 0 Å². The Balaban J connectivity index is 1.82. The van der Waals surface area contributed by atoms with Crippen LogP contribution in [-0.4, -0.2) is 18.5 Å². The van der Waals surface area contributed by atoms with Gasteiger partial charge in [0.2, 0.25) is 0 Å². The Morgan fingerprint density at radius 2 is 1.90 bits per heavy atom. The van der Waals surface area contributed by atoms with Crippen molar-refractivity contribution >= 4 is 15.9 Å². The third-order valence-electron chi connectivity index (χ3n) is 3.74. The second-order valence-corrected chi connectivity index (χ2v) is 6.12. The van der Waals surface area contributed by atoms with Gasteiger partial charge in [-0.15, -0.1) is 0 Å². The minimum Gasteiger partial charge on any atom is -0.489 e. The molecule has 0 saturated carbocycles. The summed E-state index contributed by atoms with van der Waals surface area (Å²) in [5, 5.41) is 0. The summed E-state index contributed by atoms with van der Waals surface area (Å²) in [7, 11) is 2.16. The monoisotopic (exact) mass is 331 g/mol. The molecule has 0 unspecified atom stereocenters. The van der Waals surface area contributed by atoms with Crippen molar-refractivity contribution in [1.82, 2.24) is 4.90 Å². The van der Waals surface area contributed by atoms with E-state index >= 15 is 0 Å². The molecule has 1 aliphatic heterocycles. The fourth-order valence-electron chi connectivity index (χ4n) is 2.61. The second kappa shape index (κ2) is 5.98. The summed E-state index contributed by atoms with van der Waals surface area (Å²) in [6.07, 6.45) is 1.05. The summed E-state index contributed by atoms with van der Waals surface area (Å²) in [6, 6.07) is 14.5. The molecule has 0 aliphatic carbocycles. The summed E-state index contributed by atoms with van der Waals surface area (Å²) in [5.74, 6) is 1.03. The van der Waals surface area contributed by atoms with Crippen LogP contribution in [0.5, 0.6) is 5.75 Å². The van der Waals surface area contributed by atoms with E-state index in [2.05, 4.69) is 52.1 Å². The van der Waals surface area contributed by atoms with E-state index in [1.165, 1.54) is 21.2 Å². The lowest BCUT2D eigenvalue weighted by atomic mass is 9.99. The van der Waals surface area contributed by atoms with Gasteiger partial charge in [0, 0.05) is 23.1 Å². The average Bonchev–Trinajstić information content (AvgIpc) is 2.48. The number of nitrogens with zero attached hydrogens (tertiary/aromatic N) is 1. The number of rotatable bonds is 3. The Kier molecular flexibility index (Phi) is 4.08. The van der Waals surface area contributed by atoms with Gasteiger partial charge in [0.1, 0.15) is 12.4 Å². The maximum Gasteiger partial charge on any atom is 0.123 e. The number of hydrogen-bond acceptors (Lipinski definition) is 2. The van der Waals surface area contributed by atoms with Gasteiger partial charge in [-0.05, 0) is 36.7 Å². The Morgan fingerprint density at radius 1 is 1.10 bits per heavy atom. The third-order valence-corrected chi connectivity index (χ3v) is 4.48. The van der Waals surface area contributed by atoms with Crippen LogP contribution in [0.25, 0.3) is 0 Å². The summed E-state index contributed by atoms with van der Waals surface area (Å²) in [5.41, 5.74) is 3.93. The van der Waals surface area contributed by atoms with Crippen LogP contribution in [0.2, 0.25) is 0 Å². The SMILES string of the molecule is CN1CCc2c(OCc3ccccc3)ccc(Br)c2C1. The van der Waals surface area contributed by atoms with Crippen LogP contribution in [0.15, 0.2) is 46.9 Å². The summed E-state index contributed by atoms with van der Waals surface area (Å²) < 4.78 is 7.23. The highest BCUT2D eigenvalue weighted by molar-refractivity contribution is 9.10. The standard InChI is InChI=1S/C17H18BrNO/c1-19-10-9-14-15(11-19)16(18)7-8-17(14)20-12-13-5-3-2-4-6-13/h2-8H,9-12H2,1H3. The zero-order chi connectivity index (χ0) is 13.9. The van der Waals surface area contributed by atoms with Gasteiger partial charge in [0.05, 0.1) is 0 Å². The fourth-order valence-corrected chi connectivity index (χ4v) is 3.11. The zero-order valence-corrected chi connectivity index (χ0v) is 13.2. The molecule has 3 heteroatoms. The Bertz CT molecular complexity index is 597. The van der Waals surface area contributed by atoms with Crippen molar-refractivity contribution in [2.75, 3.05) is 13.6 Å². The lowest BCUT2D eigenvalue weighted by molar-refractivity contribution is 0.282. The smallest absolute Gasteiger partial charge is 0.123 e. The molecule has 0 saturated heterocycles. The maximum absolute atomic E-state index is 6.04. The van der Waals surface area contributed by atoms with Crippen molar-refractivity contribution in [3.63, 3.8) is 0 Å². The molecule has 0 fully saturated rings. The lowest BCUT2D eigenvalue weighted by Gasteiger charge is -2.27. The van der Waals surface area contributed by atoms with E-state index in [1.54, 1.807) is 0 Å². The van der Waals surface area contributed by atoms with Crippen LogP contribution < -0.4 is 4.74 Å². The van der Waals surface area contributed by atoms with E-state index < -0.39 is 0 Å². The number of likely N-dealkylation sites (N-methyl/N-ethyl adjacent to an activating group) is 1. The van der Waals surface area contributed by atoms with Crippen molar-refractivity contribution < 1.29 is 4.74 Å². The molecule has 1 heterocycles. The van der Waals surface area contributed by atoms with Crippen LogP contribution in [0.1, 0.15) is 16.7 Å². The van der Waals surface area contributed by atoms with Crippen LogP contribution in [-0.2, 0) is 19.6 Å². The summed E-state index contributed by atoms with van der Waals surface area (Å²) in [6.45, 7) is 2.70. The average molecular weight is 332 g/mol. The van der Waals surface area contributed by atoms with Crippen LogP contribution in [0.4, 0.5) is 0 Å². The first-order valence-electron chi connectivity index (χ1n) is 6.89. The van der Waals surface area contributed by atoms with Crippen LogP contribution in [0, 0.1) is 0 Å². The Hall–Kier alpha value is -1.32. The number of hydrogen-bond donors (Lipinski definition) is 0. The number of halogens is 1. The van der Waals surface area contributed by atoms with Gasteiger partial charge in [-0.1, -0.05) is 46.3 Å². The first-order valence-corrected chi connectivity index (χ1v) is 7.69. The summed E-state index contributed by atoms with van der Waals surface area (Å²) >= 11 is 3.66. The molecule has 0 radical (unpaired) electrons. The minimum absolute atomic E-state index is 0.630. The van der Waals surface area contributed by atoms with E-state index in [-0.39, 0.29) is 0 Å². The molecule has 20 heavy (non-hydrogen) atoms. The molecule has 0 N–H and O–H groups in total. The molecular weight excluding hydrogens is 314 g/mol. The highest BCUT2D eigenvalue weighted by Gasteiger charge is 2.19. The van der Waals surface area contributed by atoms with E-state index in [0.29, 0.717) is 6.61 Å². The third kappa shape index (κ3) is 2.89. The van der Waals surface area contributed by atoms with E-state index in [4.69, 9.17) is 4.74 Å². The Morgan fingerprint density at radius 3 is 2.70 bits per heavy atom. The number of fused-ring (bicyclic) bond motifs is 1. The molecule has 0 amide bonds. The molecule has 2 aromatic carbocycles. The Labute approximate surface area is 128 Å². The molecule has 2 aromatic rings. The predicted octanol–water partition coefficient (Wildman–Crippen LogP) is 4.02. The van der Waals surface area contributed by atoms with Crippen molar-refractivity contribution in [1.29, 1.82) is 0 Å². The lowest BCUT2D eigenvalue weighted by Crippen LogP contribution is -2.27. The van der Waals surface area contributed by atoms with Gasteiger partial charge in [0.25, 0.3) is 0 Å². The quantitative estimate of drug-likeness (QED) is 0.842. The predicted molar refractivity (Wildman–Crippen MR) is 85.0 cm³/mol. The first kappa shape index (κ1) is 13.7. The van der Waals surface area contributed by atoms with E-state index in [0.717, 1.165) is 25.3 Å². The molecule has 3 rings (SSSR count). The van der Waals surface area contributed by atoms with Crippen molar-refractivity contribution in [2.24, 2.45) is 0 Å². The van der Waals surface area contributed by atoms with Gasteiger partial charge in [-0.25, -0.2) is 0 Å². The van der Waals surface area contributed by atoms with Crippen molar-refractivity contribution in [3.8, 4) is 5.75 Å². The van der Waals surface area contributed by atoms with E-state index in [1.807, 2.05) is 18.2 Å². The molecule has 1 aliphatic rings. The molecule has 0 atom stereocenters. The number of benzene rings is 2. The highest BCUT2D eigenvalue weighted by Crippen LogP contribution is 2.33. The molecule has 2 nitrogen and oxygen atoms in total. The molecule has 104 valence electrons. The van der Waals surface area contributed by atoms with Crippen molar-refractivity contribution in [3.05, 3.63) is 63.6 Å². The number of ether oxygens (including phenoxy) is 1. The van der Waals surface area contributed by atoms with Gasteiger partial charge in [-0.3, -0.25) is 0 Å². The maximum atomic E-state index is 6.04. The van der Waals surface area contributed by atoms with Crippen LogP contribution in [0.3, 0.4) is 0 Å². The van der Waals surface area contributed by atoms with Crippen LogP contribution >= 0.6 is 15.9 Å². The topological polar surface area (TPSA) is 12.5 Å². The fraction of sp³-hybridized carbons (Fsp3) is 0.294. The normalized spacial score (nSPS) is 14.9. The molecule has 0 bridgehead atoms. The van der Waals surface area contributed by atoms with E-state index in [9.17, 15) is 0 Å². The molecule has 0 spiro atoms. The largest absolute Gasteiger partial charge is 0.489 e. The second-order valence-electron chi connectivity index (χ2n) is 5.26. The van der Waals surface area contributed by atoms with Gasteiger partial charge in [0.15, 0.2) is 0 Å². The van der Waals surface area contributed by atoms with Gasteiger partial charge < -0.3 is 9.64 Å². The zero-order valence-electron chi connectivity index (χ0n) is 11.6. The highest BCUT2D eigenvalue weighted by atomic mass is 79.9. The summed E-state index contributed by atoms with van der Waals surface area (Å²) in [4.78, 5) is 2.34. The first-order chi connectivity index (χ1) is 9.74. The van der Waals surface area contributed by atoms with Crippen molar-refractivity contribution in [2.45, 2.75) is 19.6 Å². The van der Waals surface area contributed by atoms with Gasteiger partial charge >= 0.3 is 0 Å². The molecular formula is C17H18BrNO. The molecule has 0 aromatic heterocycles.